The Morgan fingerprint density at radius 2 is 2.00 bits per heavy atom. The van der Waals surface area contributed by atoms with Crippen LogP contribution in [-0.2, 0) is 0 Å². The molecule has 0 saturated heterocycles. The third-order valence-corrected chi connectivity index (χ3v) is 1.56. The van der Waals surface area contributed by atoms with Crippen molar-refractivity contribution in [1.29, 1.82) is 0 Å². The van der Waals surface area contributed by atoms with E-state index in [2.05, 4.69) is 5.11 Å². The maximum Gasteiger partial charge on any atom is 0.571 e. The average molecular weight is 205 g/mol. The maximum atomic E-state index is 10.4. The fraction of sp³-hybridized carbons (Fsp3) is 1.00. The summed E-state index contributed by atoms with van der Waals surface area (Å²) in [4.78, 5) is 20.0. The van der Waals surface area contributed by atoms with E-state index in [1.807, 2.05) is 4.91 Å². The summed E-state index contributed by atoms with van der Waals surface area (Å²) in [5.74, 6) is -3.23. The number of hydrogen-bond donors (Lipinski definition) is 1. The van der Waals surface area contributed by atoms with Crippen molar-refractivity contribution in [1.82, 2.24) is 0 Å². The summed E-state index contributed by atoms with van der Waals surface area (Å²) in [7, 11) is 0. The molecule has 1 unspecified atom stereocenters. The van der Waals surface area contributed by atoms with E-state index in [1.165, 1.54) is 6.92 Å². The van der Waals surface area contributed by atoms with Gasteiger partial charge in [-0.25, -0.2) is 0 Å². The van der Waals surface area contributed by atoms with Crippen molar-refractivity contribution in [2.24, 2.45) is 5.11 Å². The standard InChI is InChI=1S/C4H7N5O5/c1-2-3(10)4(6-7-5,8(11)12)9(13)14/h3,10H,2H2,1H3. The molecule has 0 aliphatic heterocycles. The molecule has 0 aromatic rings. The number of azide groups is 1. The van der Waals surface area contributed by atoms with Gasteiger partial charge in [0, 0.05) is 4.91 Å². The Hall–Kier alpha value is -1.93. The minimum atomic E-state index is -3.23. The van der Waals surface area contributed by atoms with Gasteiger partial charge >= 0.3 is 5.79 Å². The van der Waals surface area contributed by atoms with Gasteiger partial charge in [0.25, 0.3) is 0 Å². The summed E-state index contributed by atoms with van der Waals surface area (Å²) in [5.41, 5.74) is 7.98. The van der Waals surface area contributed by atoms with Crippen molar-refractivity contribution in [3.8, 4) is 0 Å². The summed E-state index contributed by atoms with van der Waals surface area (Å²) < 4.78 is 0. The van der Waals surface area contributed by atoms with Gasteiger partial charge in [0.2, 0.25) is 6.10 Å². The summed E-state index contributed by atoms with van der Waals surface area (Å²) in [6.07, 6.45) is -2.25. The molecule has 10 heteroatoms. The molecule has 0 bridgehead atoms. The number of hydrogen-bond acceptors (Lipinski definition) is 6. The average Bonchev–Trinajstić information content (AvgIpc) is 2.11. The number of aliphatic hydroxyl groups excluding tert-OH is 1. The van der Waals surface area contributed by atoms with Crippen molar-refractivity contribution in [3.05, 3.63) is 30.7 Å². The molecule has 0 aliphatic carbocycles. The molecule has 14 heavy (non-hydrogen) atoms. The first kappa shape index (κ1) is 12.1. The number of nitro groups is 2. The van der Waals surface area contributed by atoms with E-state index in [4.69, 9.17) is 10.6 Å². The molecular formula is C4H7N5O5. The minimum Gasteiger partial charge on any atom is -0.379 e. The van der Waals surface area contributed by atoms with Gasteiger partial charge in [-0.3, -0.25) is 20.2 Å². The molecule has 0 saturated carbocycles. The van der Waals surface area contributed by atoms with Gasteiger partial charge in [-0.1, -0.05) is 6.92 Å². The number of rotatable bonds is 5. The maximum absolute atomic E-state index is 10.4. The largest absolute Gasteiger partial charge is 0.571 e. The molecular weight excluding hydrogens is 198 g/mol. The van der Waals surface area contributed by atoms with Crippen LogP contribution in [0.5, 0.6) is 0 Å². The van der Waals surface area contributed by atoms with Gasteiger partial charge in [-0.05, 0) is 12.0 Å². The zero-order chi connectivity index (χ0) is 11.4. The molecule has 0 spiro atoms. The molecule has 0 radical (unpaired) electrons. The van der Waals surface area contributed by atoms with E-state index in [0.717, 1.165) is 0 Å². The lowest BCUT2D eigenvalue weighted by Crippen LogP contribution is -2.53. The Morgan fingerprint density at radius 3 is 2.21 bits per heavy atom. The SMILES string of the molecule is CCC(O)C(N=[N+]=[N-])([N+](=O)[O-])[N+](=O)[O-]. The third kappa shape index (κ3) is 1.70. The van der Waals surface area contributed by atoms with Crippen LogP contribution in [0.1, 0.15) is 13.3 Å². The van der Waals surface area contributed by atoms with Crippen LogP contribution >= 0.6 is 0 Å². The second-order valence-corrected chi connectivity index (χ2v) is 2.32. The van der Waals surface area contributed by atoms with Crippen molar-refractivity contribution in [3.63, 3.8) is 0 Å². The van der Waals surface area contributed by atoms with Crippen LogP contribution in [0.25, 0.3) is 10.4 Å². The molecule has 1 atom stereocenters. The van der Waals surface area contributed by atoms with Crippen LogP contribution in [0.15, 0.2) is 5.11 Å². The second kappa shape index (κ2) is 4.35. The van der Waals surface area contributed by atoms with E-state index in [9.17, 15) is 20.2 Å². The highest BCUT2D eigenvalue weighted by Crippen LogP contribution is 2.20. The molecule has 0 heterocycles. The van der Waals surface area contributed by atoms with Crippen molar-refractivity contribution >= 4 is 0 Å². The van der Waals surface area contributed by atoms with Gasteiger partial charge in [0.05, 0.1) is 5.11 Å². The lowest BCUT2D eigenvalue weighted by Gasteiger charge is -2.15. The van der Waals surface area contributed by atoms with Gasteiger partial charge < -0.3 is 5.11 Å². The number of nitrogens with zero attached hydrogens (tertiary/aromatic N) is 5. The normalized spacial score (nSPS) is 12.7. The first-order valence-electron chi connectivity index (χ1n) is 3.46. The Balaban J connectivity index is 5.49. The lowest BCUT2D eigenvalue weighted by atomic mass is 10.1. The fourth-order valence-corrected chi connectivity index (χ4v) is 0.789. The molecule has 78 valence electrons. The molecule has 0 aromatic carbocycles. The predicted molar refractivity (Wildman–Crippen MR) is 42.2 cm³/mol. The van der Waals surface area contributed by atoms with Crippen LogP contribution in [0.2, 0.25) is 0 Å². The van der Waals surface area contributed by atoms with Gasteiger partial charge in [-0.2, -0.15) is 0 Å². The summed E-state index contributed by atoms with van der Waals surface area (Å²) in [6.45, 7) is 1.29. The molecule has 0 aromatic heterocycles. The van der Waals surface area contributed by atoms with E-state index < -0.39 is 21.7 Å². The first-order chi connectivity index (χ1) is 6.43. The molecule has 0 amide bonds. The summed E-state index contributed by atoms with van der Waals surface area (Å²) >= 11 is 0. The highest BCUT2D eigenvalue weighted by molar-refractivity contribution is 4.73. The lowest BCUT2D eigenvalue weighted by molar-refractivity contribution is -0.805. The second-order valence-electron chi connectivity index (χ2n) is 2.32. The number of aliphatic hydroxyl groups is 1. The molecule has 0 rings (SSSR count). The predicted octanol–water partition coefficient (Wildman–Crippen LogP) is 0.275. The third-order valence-electron chi connectivity index (χ3n) is 1.56. The first-order valence-corrected chi connectivity index (χ1v) is 3.46. The summed E-state index contributed by atoms with van der Waals surface area (Å²) in [5, 5.41) is 32.3. The van der Waals surface area contributed by atoms with Crippen LogP contribution in [0.3, 0.4) is 0 Å². The molecule has 0 fully saturated rings. The van der Waals surface area contributed by atoms with Gasteiger partial charge in [0.15, 0.2) is 0 Å². The van der Waals surface area contributed by atoms with Crippen molar-refractivity contribution in [2.45, 2.75) is 25.2 Å². The van der Waals surface area contributed by atoms with Crippen LogP contribution < -0.4 is 0 Å². The Morgan fingerprint density at radius 1 is 1.57 bits per heavy atom. The Kier molecular flexibility index (Phi) is 3.75. The quantitative estimate of drug-likeness (QED) is 0.170. The fourth-order valence-electron chi connectivity index (χ4n) is 0.789. The molecule has 0 aliphatic rings. The topological polar surface area (TPSA) is 155 Å². The van der Waals surface area contributed by atoms with Gasteiger partial charge in [0.1, 0.15) is 9.85 Å². The highest BCUT2D eigenvalue weighted by Gasteiger charge is 2.62. The van der Waals surface area contributed by atoms with Crippen LogP contribution in [0.4, 0.5) is 0 Å². The smallest absolute Gasteiger partial charge is 0.379 e. The molecule has 10 nitrogen and oxygen atoms in total. The minimum absolute atomic E-state index is 0.277. The Bertz CT molecular complexity index is 277. The van der Waals surface area contributed by atoms with Crippen LogP contribution in [0, 0.1) is 20.2 Å². The zero-order valence-electron chi connectivity index (χ0n) is 7.10. The van der Waals surface area contributed by atoms with E-state index in [1.54, 1.807) is 0 Å². The van der Waals surface area contributed by atoms with Crippen LogP contribution in [-0.4, -0.2) is 26.8 Å². The monoisotopic (exact) mass is 205 g/mol. The van der Waals surface area contributed by atoms with Crippen molar-refractivity contribution < 1.29 is 15.0 Å². The molecule has 1 N–H and O–H groups in total. The highest BCUT2D eigenvalue weighted by atomic mass is 16.7. The zero-order valence-corrected chi connectivity index (χ0v) is 7.10. The van der Waals surface area contributed by atoms with E-state index in [-0.39, 0.29) is 6.42 Å². The van der Waals surface area contributed by atoms with Crippen molar-refractivity contribution in [2.75, 3.05) is 0 Å². The summed E-state index contributed by atoms with van der Waals surface area (Å²) in [6, 6.07) is 0. The van der Waals surface area contributed by atoms with E-state index >= 15 is 0 Å². The van der Waals surface area contributed by atoms with Gasteiger partial charge in [-0.15, -0.1) is 0 Å². The Labute approximate surface area is 77.1 Å². The van der Waals surface area contributed by atoms with E-state index in [0.29, 0.717) is 0 Å².